The minimum atomic E-state index is -3.07. The minimum Gasteiger partial charge on any atom is -0.449 e. The molecule has 0 N–H and O–H groups in total. The zero-order chi connectivity index (χ0) is 18.2. The zero-order valence-corrected chi connectivity index (χ0v) is 16.0. The second-order valence-electron chi connectivity index (χ2n) is 6.58. The van der Waals surface area contributed by atoms with Gasteiger partial charge >= 0.3 is 0 Å². The highest BCUT2D eigenvalue weighted by atomic mass is 35.5. The summed E-state index contributed by atoms with van der Waals surface area (Å²) in [6.45, 7) is 4.40. The van der Waals surface area contributed by atoms with Crippen molar-refractivity contribution in [3.05, 3.63) is 34.5 Å². The highest BCUT2D eigenvalue weighted by molar-refractivity contribution is 7.91. The third-order valence-electron chi connectivity index (χ3n) is 4.77. The largest absolute Gasteiger partial charge is 0.449 e. The van der Waals surface area contributed by atoms with Crippen LogP contribution in [-0.4, -0.2) is 43.3 Å². The first-order chi connectivity index (χ1) is 11.8. The van der Waals surface area contributed by atoms with Crippen molar-refractivity contribution in [3.8, 4) is 0 Å². The van der Waals surface area contributed by atoms with Crippen molar-refractivity contribution in [2.75, 3.05) is 18.1 Å². The van der Waals surface area contributed by atoms with E-state index >= 15 is 0 Å². The fourth-order valence-corrected chi connectivity index (χ4v) is 5.29. The van der Waals surface area contributed by atoms with Gasteiger partial charge in [0.1, 0.15) is 0 Å². The minimum absolute atomic E-state index is 0.0302. The van der Waals surface area contributed by atoms with Gasteiger partial charge in [-0.1, -0.05) is 37.1 Å². The Morgan fingerprint density at radius 3 is 2.76 bits per heavy atom. The van der Waals surface area contributed by atoms with Crippen LogP contribution >= 0.6 is 11.6 Å². The number of carbonyl (C=O) groups excluding carboxylic acids is 1. The van der Waals surface area contributed by atoms with E-state index in [0.717, 1.165) is 23.8 Å². The summed E-state index contributed by atoms with van der Waals surface area (Å²) in [4.78, 5) is 14.8. The number of unbranched alkanes of at least 4 members (excludes halogenated alkanes) is 1. The Balaban J connectivity index is 1.97. The molecule has 136 valence electrons. The van der Waals surface area contributed by atoms with E-state index in [-0.39, 0.29) is 29.2 Å². The number of hydrogen-bond acceptors (Lipinski definition) is 4. The molecular weight excluding hydrogens is 362 g/mol. The number of benzene rings is 1. The fraction of sp³-hybridized carbons (Fsp3) is 0.500. The molecular formula is C18H22ClNO4S. The SMILES string of the molecule is CCCCN(C(=O)c1oc2c(Cl)cccc2c1C)C1CCS(=O)(=O)C1. The fourth-order valence-electron chi connectivity index (χ4n) is 3.34. The summed E-state index contributed by atoms with van der Waals surface area (Å²) in [6.07, 6.45) is 2.23. The molecule has 1 unspecified atom stereocenters. The predicted molar refractivity (Wildman–Crippen MR) is 99.0 cm³/mol. The van der Waals surface area contributed by atoms with Crippen molar-refractivity contribution in [2.24, 2.45) is 0 Å². The molecule has 2 heterocycles. The van der Waals surface area contributed by atoms with Crippen LogP contribution in [0.5, 0.6) is 0 Å². The summed E-state index contributed by atoms with van der Waals surface area (Å²) in [6, 6.07) is 5.12. The molecule has 1 aliphatic heterocycles. The summed E-state index contributed by atoms with van der Waals surface area (Å²) >= 11 is 6.18. The van der Waals surface area contributed by atoms with Crippen LogP contribution in [0.1, 0.15) is 42.3 Å². The lowest BCUT2D eigenvalue weighted by Crippen LogP contribution is -2.41. The molecule has 0 radical (unpaired) electrons. The maximum Gasteiger partial charge on any atom is 0.290 e. The molecule has 5 nitrogen and oxygen atoms in total. The topological polar surface area (TPSA) is 67.6 Å². The second kappa shape index (κ2) is 7.00. The van der Waals surface area contributed by atoms with Crippen LogP contribution in [0.3, 0.4) is 0 Å². The molecule has 3 rings (SSSR count). The van der Waals surface area contributed by atoms with E-state index in [1.807, 2.05) is 26.0 Å². The van der Waals surface area contributed by atoms with E-state index < -0.39 is 9.84 Å². The molecule has 1 amide bonds. The highest BCUT2D eigenvalue weighted by Gasteiger charge is 2.36. The van der Waals surface area contributed by atoms with E-state index in [1.54, 1.807) is 11.0 Å². The van der Waals surface area contributed by atoms with Crippen molar-refractivity contribution < 1.29 is 17.6 Å². The van der Waals surface area contributed by atoms with Crippen LogP contribution in [0.2, 0.25) is 5.02 Å². The van der Waals surface area contributed by atoms with E-state index in [0.29, 0.717) is 23.6 Å². The van der Waals surface area contributed by atoms with E-state index in [4.69, 9.17) is 16.0 Å². The van der Waals surface area contributed by atoms with Crippen LogP contribution in [0.25, 0.3) is 11.0 Å². The van der Waals surface area contributed by atoms with Crippen LogP contribution in [-0.2, 0) is 9.84 Å². The molecule has 7 heteroatoms. The summed E-state index contributed by atoms with van der Waals surface area (Å²) in [5, 5.41) is 1.27. The molecule has 1 atom stereocenters. The molecule has 1 saturated heterocycles. The maximum absolute atomic E-state index is 13.1. The number of fused-ring (bicyclic) bond motifs is 1. The van der Waals surface area contributed by atoms with Gasteiger partial charge in [0.25, 0.3) is 5.91 Å². The number of para-hydroxylation sites is 1. The number of carbonyl (C=O) groups is 1. The first kappa shape index (κ1) is 18.3. The Morgan fingerprint density at radius 2 is 2.16 bits per heavy atom. The number of sulfone groups is 1. The predicted octanol–water partition coefficient (Wildman–Crippen LogP) is 3.82. The Hall–Kier alpha value is -1.53. The quantitative estimate of drug-likeness (QED) is 0.787. The summed E-state index contributed by atoms with van der Waals surface area (Å²) in [7, 11) is -3.07. The van der Waals surface area contributed by atoms with Gasteiger partial charge in [-0.25, -0.2) is 8.42 Å². The molecule has 1 aliphatic rings. The number of aryl methyl sites for hydroxylation is 1. The number of furan rings is 1. The Labute approximate surface area is 152 Å². The lowest BCUT2D eigenvalue weighted by Gasteiger charge is -2.27. The molecule has 0 aliphatic carbocycles. The molecule has 1 aromatic heterocycles. The first-order valence-corrected chi connectivity index (χ1v) is 10.7. The van der Waals surface area contributed by atoms with Crippen LogP contribution in [0.15, 0.2) is 22.6 Å². The molecule has 2 aromatic rings. The normalized spacial score (nSPS) is 19.4. The molecule has 0 saturated carbocycles. The van der Waals surface area contributed by atoms with Crippen molar-refractivity contribution >= 4 is 38.3 Å². The summed E-state index contributed by atoms with van der Waals surface area (Å²) in [5.74, 6) is 0.171. The van der Waals surface area contributed by atoms with Gasteiger partial charge in [-0.05, 0) is 25.8 Å². The number of rotatable bonds is 5. The smallest absolute Gasteiger partial charge is 0.290 e. The van der Waals surface area contributed by atoms with Crippen molar-refractivity contribution in [3.63, 3.8) is 0 Å². The highest BCUT2D eigenvalue weighted by Crippen LogP contribution is 2.32. The second-order valence-corrected chi connectivity index (χ2v) is 9.22. The number of hydrogen-bond donors (Lipinski definition) is 0. The average Bonchev–Trinajstić information content (AvgIpc) is 3.09. The average molecular weight is 384 g/mol. The zero-order valence-electron chi connectivity index (χ0n) is 14.4. The summed E-state index contributed by atoms with van der Waals surface area (Å²) < 4.78 is 29.5. The molecule has 1 fully saturated rings. The van der Waals surface area contributed by atoms with Crippen LogP contribution in [0.4, 0.5) is 0 Å². The van der Waals surface area contributed by atoms with Gasteiger partial charge in [-0.15, -0.1) is 0 Å². The standard InChI is InChI=1S/C18H22ClNO4S/c1-3-4-9-20(13-8-10-25(22,23)11-13)18(21)16-12(2)14-6-5-7-15(19)17(14)24-16/h5-7,13H,3-4,8-11H2,1-2H3. The lowest BCUT2D eigenvalue weighted by molar-refractivity contribution is 0.0663. The number of nitrogens with zero attached hydrogens (tertiary/aromatic N) is 1. The number of halogens is 1. The van der Waals surface area contributed by atoms with Gasteiger partial charge in [0, 0.05) is 23.5 Å². The van der Waals surface area contributed by atoms with Gasteiger partial charge in [0.2, 0.25) is 0 Å². The van der Waals surface area contributed by atoms with E-state index in [1.165, 1.54) is 0 Å². The molecule has 0 bridgehead atoms. The Bertz CT molecular complexity index is 903. The Kier molecular flexibility index (Phi) is 5.11. The number of amides is 1. The Morgan fingerprint density at radius 1 is 1.40 bits per heavy atom. The van der Waals surface area contributed by atoms with Crippen LogP contribution in [0, 0.1) is 6.92 Å². The third-order valence-corrected chi connectivity index (χ3v) is 6.82. The molecule has 0 spiro atoms. The molecule has 25 heavy (non-hydrogen) atoms. The van der Waals surface area contributed by atoms with Gasteiger partial charge in [0.15, 0.2) is 21.2 Å². The van der Waals surface area contributed by atoms with Gasteiger partial charge in [0.05, 0.1) is 16.5 Å². The molecule has 1 aromatic carbocycles. The van der Waals surface area contributed by atoms with Gasteiger partial charge in [-0.3, -0.25) is 4.79 Å². The first-order valence-electron chi connectivity index (χ1n) is 8.53. The monoisotopic (exact) mass is 383 g/mol. The van der Waals surface area contributed by atoms with E-state index in [2.05, 4.69) is 0 Å². The maximum atomic E-state index is 13.1. The summed E-state index contributed by atoms with van der Waals surface area (Å²) in [5.41, 5.74) is 1.24. The van der Waals surface area contributed by atoms with E-state index in [9.17, 15) is 13.2 Å². The van der Waals surface area contributed by atoms with Crippen LogP contribution < -0.4 is 0 Å². The lowest BCUT2D eigenvalue weighted by atomic mass is 10.1. The van der Waals surface area contributed by atoms with Crippen molar-refractivity contribution in [1.82, 2.24) is 4.90 Å². The van der Waals surface area contributed by atoms with Gasteiger partial charge in [-0.2, -0.15) is 0 Å². The van der Waals surface area contributed by atoms with Gasteiger partial charge < -0.3 is 9.32 Å². The van der Waals surface area contributed by atoms with Crippen molar-refractivity contribution in [1.29, 1.82) is 0 Å². The third kappa shape index (κ3) is 3.55. The van der Waals surface area contributed by atoms with Crippen molar-refractivity contribution in [2.45, 2.75) is 39.2 Å².